The van der Waals surface area contributed by atoms with Crippen LogP contribution in [0.4, 0.5) is 0 Å². The fourth-order valence-corrected chi connectivity index (χ4v) is 0. The molecule has 0 aliphatic carbocycles. The minimum atomic E-state index is 0. The van der Waals surface area contributed by atoms with Gasteiger partial charge in [0.05, 0.1) is 0 Å². The predicted octanol–water partition coefficient (Wildman–Crippen LogP) is -0.770. The Morgan fingerprint density at radius 1 is 1.20 bits per heavy atom. The van der Waals surface area contributed by atoms with Crippen LogP contribution in [-0.4, -0.2) is 35.3 Å². The summed E-state index contributed by atoms with van der Waals surface area (Å²) in [5.41, 5.74) is 0. The molecule has 0 rings (SSSR count). The van der Waals surface area contributed by atoms with Crippen LogP contribution in [-0.2, 0) is 26.2 Å². The normalized spacial score (nSPS) is 0.800. The van der Waals surface area contributed by atoms with E-state index >= 15 is 0 Å². The van der Waals surface area contributed by atoms with Gasteiger partial charge in [-0.2, -0.15) is 13.5 Å². The maximum absolute atomic E-state index is 8.25. The number of rotatable bonds is 0. The molecule has 0 saturated heterocycles. The standard InChI is InChI=1S/Ag.GeO.Li.H2S/c;1-2;;/h;;;1H2. The van der Waals surface area contributed by atoms with Crippen molar-refractivity contribution in [3.05, 3.63) is 0 Å². The summed E-state index contributed by atoms with van der Waals surface area (Å²) in [6.45, 7) is 0. The Morgan fingerprint density at radius 3 is 1.20 bits per heavy atom. The molecule has 0 bridgehead atoms. The molecule has 0 amide bonds. The van der Waals surface area contributed by atoms with Gasteiger partial charge in [-0.1, -0.05) is 0 Å². The van der Waals surface area contributed by atoms with Crippen molar-refractivity contribution in [3.8, 4) is 0 Å². The van der Waals surface area contributed by atoms with Crippen molar-refractivity contribution in [2.45, 2.75) is 0 Å². The summed E-state index contributed by atoms with van der Waals surface area (Å²) >= 11 is 0.750. The van der Waals surface area contributed by atoms with Gasteiger partial charge >= 0.3 is 20.2 Å². The number of hydrogen-bond acceptors (Lipinski definition) is 1. The van der Waals surface area contributed by atoms with Gasteiger partial charge in [0, 0.05) is 41.2 Å². The van der Waals surface area contributed by atoms with Gasteiger partial charge in [0.1, 0.15) is 0 Å². The number of hydrogen-bond donors (Lipinski definition) is 0. The second-order valence-corrected chi connectivity index (χ2v) is 0. The van der Waals surface area contributed by atoms with Crippen LogP contribution in [0.2, 0.25) is 0 Å². The molecular weight excluding hydrogens is 235 g/mol. The Kier molecular flexibility index (Phi) is 206. The first-order valence-corrected chi connectivity index (χ1v) is 1.06. The van der Waals surface area contributed by atoms with Crippen molar-refractivity contribution >= 4 is 48.8 Å². The quantitative estimate of drug-likeness (QED) is 0.506. The molecule has 0 unspecified atom stereocenters. The van der Waals surface area contributed by atoms with Gasteiger partial charge in [-0.15, -0.1) is 0 Å². The van der Waals surface area contributed by atoms with E-state index in [1.54, 1.807) is 0 Å². The van der Waals surface area contributed by atoms with Gasteiger partial charge in [-0.25, -0.2) is 0 Å². The molecule has 5 heavy (non-hydrogen) atoms. The first kappa shape index (κ1) is 27.8. The van der Waals surface area contributed by atoms with Crippen molar-refractivity contribution in [1.29, 1.82) is 0 Å². The van der Waals surface area contributed by atoms with Crippen molar-refractivity contribution in [2.75, 3.05) is 0 Å². The van der Waals surface area contributed by atoms with Crippen LogP contribution in [0, 0.1) is 0 Å². The van der Waals surface area contributed by atoms with E-state index in [4.69, 9.17) is 3.78 Å². The molecule has 0 aliphatic heterocycles. The van der Waals surface area contributed by atoms with Crippen molar-refractivity contribution in [3.63, 3.8) is 0 Å². The molecule has 4 radical (unpaired) electrons. The van der Waals surface area contributed by atoms with E-state index < -0.39 is 0 Å². The zero-order valence-electron chi connectivity index (χ0n) is 2.71. The van der Waals surface area contributed by atoms with Gasteiger partial charge < -0.3 is 0 Å². The van der Waals surface area contributed by atoms with Crippen molar-refractivity contribution in [1.82, 2.24) is 0 Å². The van der Waals surface area contributed by atoms with Gasteiger partial charge in [-0.05, 0) is 0 Å². The third kappa shape index (κ3) is 23.8. The maximum atomic E-state index is 8.25. The zero-order valence-corrected chi connectivity index (χ0v) is 7.29. The second-order valence-electron chi connectivity index (χ2n) is 0. The van der Waals surface area contributed by atoms with Crippen molar-refractivity contribution in [2.24, 2.45) is 0 Å². The minimum absolute atomic E-state index is 0. The van der Waals surface area contributed by atoms with E-state index in [1.165, 1.54) is 0 Å². The van der Waals surface area contributed by atoms with Gasteiger partial charge in [0.2, 0.25) is 0 Å². The summed E-state index contributed by atoms with van der Waals surface area (Å²) < 4.78 is 8.25. The van der Waals surface area contributed by atoms with Crippen LogP contribution in [0.3, 0.4) is 0 Å². The van der Waals surface area contributed by atoms with E-state index in [0.29, 0.717) is 0 Å². The molecular formula is H2AgGeLiOS. The first-order valence-electron chi connectivity index (χ1n) is 0.204. The first-order chi connectivity index (χ1) is 1.00. The van der Waals surface area contributed by atoms with E-state index in [0.717, 1.165) is 16.5 Å². The van der Waals surface area contributed by atoms with E-state index in [2.05, 4.69) is 0 Å². The molecule has 0 N–H and O–H groups in total. The van der Waals surface area contributed by atoms with Crippen LogP contribution in [0.1, 0.15) is 0 Å². The summed E-state index contributed by atoms with van der Waals surface area (Å²) in [6, 6.07) is 0. The summed E-state index contributed by atoms with van der Waals surface area (Å²) in [5, 5.41) is 0. The molecule has 0 atom stereocenters. The zero-order chi connectivity index (χ0) is 2.00. The molecule has 0 fully saturated rings. The summed E-state index contributed by atoms with van der Waals surface area (Å²) in [7, 11) is 0. The van der Waals surface area contributed by atoms with E-state index in [-0.39, 0.29) is 54.7 Å². The Balaban J connectivity index is -0.00000000167. The monoisotopic (exact) mass is 238 g/mol. The average molecular weight is 238 g/mol. The van der Waals surface area contributed by atoms with Crippen LogP contribution < -0.4 is 0 Å². The van der Waals surface area contributed by atoms with Crippen LogP contribution in [0.25, 0.3) is 0 Å². The third-order valence-electron chi connectivity index (χ3n) is 0. The summed E-state index contributed by atoms with van der Waals surface area (Å²) in [6.07, 6.45) is 0. The Morgan fingerprint density at radius 2 is 1.20 bits per heavy atom. The second kappa shape index (κ2) is 37.0. The van der Waals surface area contributed by atoms with Crippen molar-refractivity contribution < 1.29 is 26.2 Å². The molecule has 0 aromatic carbocycles. The molecule has 5 heteroatoms. The van der Waals surface area contributed by atoms with Gasteiger partial charge in [0.25, 0.3) is 0 Å². The summed E-state index contributed by atoms with van der Waals surface area (Å²) in [5.74, 6) is 0. The predicted molar refractivity (Wildman–Crippen MR) is 22.6 cm³/mol. The van der Waals surface area contributed by atoms with Gasteiger partial charge in [0.15, 0.2) is 0 Å². The fraction of sp³-hybridized carbons (Fsp3) is 0. The molecule has 30 valence electrons. The molecule has 0 spiro atoms. The average Bonchev–Trinajstić information content (AvgIpc) is 1.00. The van der Waals surface area contributed by atoms with Crippen LogP contribution in [0.5, 0.6) is 0 Å². The molecule has 0 aliphatic rings. The Labute approximate surface area is 74.2 Å². The molecule has 0 saturated carbocycles. The SMILES string of the molecule is S.[Ag].[Li].[O]=[Ge]. The molecule has 0 heterocycles. The molecule has 0 aromatic rings. The Bertz CT molecular complexity index is 11.6. The Hall–Kier alpha value is 2.03. The van der Waals surface area contributed by atoms with E-state index in [1.807, 2.05) is 0 Å². The topological polar surface area (TPSA) is 17.1 Å². The fourth-order valence-electron chi connectivity index (χ4n) is 0. The molecule has 1 nitrogen and oxygen atoms in total. The third-order valence-corrected chi connectivity index (χ3v) is 0. The van der Waals surface area contributed by atoms with Crippen LogP contribution >= 0.6 is 13.5 Å². The molecule has 0 aromatic heterocycles. The van der Waals surface area contributed by atoms with Gasteiger partial charge in [-0.3, -0.25) is 0 Å². The van der Waals surface area contributed by atoms with E-state index in [9.17, 15) is 0 Å². The van der Waals surface area contributed by atoms with Crippen LogP contribution in [0.15, 0.2) is 0 Å². The summed E-state index contributed by atoms with van der Waals surface area (Å²) in [4.78, 5) is 0.